The molecule has 2 N–H and O–H groups in total. The van der Waals surface area contributed by atoms with E-state index in [0.717, 1.165) is 25.2 Å². The van der Waals surface area contributed by atoms with E-state index in [1.54, 1.807) is 6.07 Å². The largest absolute Gasteiger partial charge is 0.395 e. The topological polar surface area (TPSA) is 69.5 Å². The number of nitrogens with zero attached hydrogens (tertiary/aromatic N) is 3. The highest BCUT2D eigenvalue weighted by Crippen LogP contribution is 2.10. The van der Waals surface area contributed by atoms with Crippen LogP contribution in [0.15, 0.2) is 12.1 Å². The Morgan fingerprint density at radius 2 is 2.00 bits per heavy atom. The van der Waals surface area contributed by atoms with Gasteiger partial charge in [0.2, 0.25) is 0 Å². The minimum Gasteiger partial charge on any atom is -0.395 e. The van der Waals surface area contributed by atoms with Gasteiger partial charge in [0.15, 0.2) is 5.82 Å². The lowest BCUT2D eigenvalue weighted by molar-refractivity contribution is 0.275. The molecule has 5 heteroatoms. The Bertz CT molecular complexity index is 290. The molecule has 0 spiro atoms. The zero-order chi connectivity index (χ0) is 11.8. The highest BCUT2D eigenvalue weighted by atomic mass is 16.3. The van der Waals surface area contributed by atoms with Gasteiger partial charge in [-0.25, -0.2) is 0 Å². The van der Waals surface area contributed by atoms with Crippen LogP contribution in [0.2, 0.25) is 0 Å². The molecule has 1 aromatic rings. The van der Waals surface area contributed by atoms with Crippen LogP contribution in [-0.2, 0) is 6.61 Å². The molecule has 1 rings (SSSR count). The Hall–Kier alpha value is -1.20. The molecule has 0 atom stereocenters. The predicted molar refractivity (Wildman–Crippen MR) is 62.2 cm³/mol. The number of aromatic nitrogens is 2. The summed E-state index contributed by atoms with van der Waals surface area (Å²) in [6.07, 6.45) is 2.16. The predicted octanol–water partition coefficient (Wildman–Crippen LogP) is 0.568. The van der Waals surface area contributed by atoms with Crippen molar-refractivity contribution < 1.29 is 10.2 Å². The monoisotopic (exact) mass is 225 g/mol. The number of anilines is 1. The number of hydrogen-bond donors (Lipinski definition) is 2. The van der Waals surface area contributed by atoms with Crippen molar-refractivity contribution in [2.24, 2.45) is 0 Å². The molecule has 0 fully saturated rings. The molecule has 0 aliphatic heterocycles. The van der Waals surface area contributed by atoms with Crippen LogP contribution in [0.5, 0.6) is 0 Å². The van der Waals surface area contributed by atoms with Crippen molar-refractivity contribution in [1.82, 2.24) is 10.2 Å². The Balaban J connectivity index is 2.67. The minimum absolute atomic E-state index is 0.0950. The second-order valence-electron chi connectivity index (χ2n) is 3.61. The van der Waals surface area contributed by atoms with Gasteiger partial charge in [0.1, 0.15) is 0 Å². The maximum absolute atomic E-state index is 8.97. The van der Waals surface area contributed by atoms with Crippen LogP contribution >= 0.6 is 0 Å². The van der Waals surface area contributed by atoms with Crippen LogP contribution in [0.3, 0.4) is 0 Å². The van der Waals surface area contributed by atoms with E-state index in [4.69, 9.17) is 10.2 Å². The minimum atomic E-state index is -0.0950. The van der Waals surface area contributed by atoms with Crippen molar-refractivity contribution in [2.75, 3.05) is 24.6 Å². The van der Waals surface area contributed by atoms with E-state index in [1.807, 2.05) is 11.0 Å². The van der Waals surface area contributed by atoms with Crippen molar-refractivity contribution >= 4 is 5.82 Å². The zero-order valence-electron chi connectivity index (χ0n) is 9.63. The van der Waals surface area contributed by atoms with E-state index in [0.29, 0.717) is 12.2 Å². The molecule has 0 radical (unpaired) electrons. The van der Waals surface area contributed by atoms with E-state index in [1.165, 1.54) is 0 Å². The van der Waals surface area contributed by atoms with Gasteiger partial charge in [-0.15, -0.1) is 5.10 Å². The maximum Gasteiger partial charge on any atom is 0.151 e. The van der Waals surface area contributed by atoms with E-state index < -0.39 is 0 Å². The van der Waals surface area contributed by atoms with E-state index >= 15 is 0 Å². The van der Waals surface area contributed by atoms with Crippen LogP contribution in [0.4, 0.5) is 5.82 Å². The van der Waals surface area contributed by atoms with Gasteiger partial charge in [-0.3, -0.25) is 0 Å². The molecule has 0 saturated heterocycles. The third-order valence-electron chi connectivity index (χ3n) is 2.34. The molecule has 0 bridgehead atoms. The highest BCUT2D eigenvalue weighted by Gasteiger charge is 2.07. The third kappa shape index (κ3) is 3.75. The van der Waals surface area contributed by atoms with E-state index in [-0.39, 0.29) is 13.2 Å². The van der Waals surface area contributed by atoms with Crippen LogP contribution in [-0.4, -0.2) is 40.1 Å². The van der Waals surface area contributed by atoms with Gasteiger partial charge in [-0.05, 0) is 18.6 Å². The van der Waals surface area contributed by atoms with E-state index in [2.05, 4.69) is 17.1 Å². The van der Waals surface area contributed by atoms with Crippen molar-refractivity contribution in [3.63, 3.8) is 0 Å². The van der Waals surface area contributed by atoms with Crippen LogP contribution in [0.1, 0.15) is 25.5 Å². The van der Waals surface area contributed by atoms with Crippen molar-refractivity contribution in [1.29, 1.82) is 0 Å². The van der Waals surface area contributed by atoms with Crippen LogP contribution in [0, 0.1) is 0 Å². The van der Waals surface area contributed by atoms with Crippen LogP contribution < -0.4 is 4.90 Å². The van der Waals surface area contributed by atoms with Crippen LogP contribution in [0.25, 0.3) is 0 Å². The summed E-state index contributed by atoms with van der Waals surface area (Å²) in [7, 11) is 0. The number of aliphatic hydroxyl groups is 2. The first kappa shape index (κ1) is 12.9. The lowest BCUT2D eigenvalue weighted by Crippen LogP contribution is -2.28. The molecular weight excluding hydrogens is 206 g/mol. The fourth-order valence-corrected chi connectivity index (χ4v) is 1.42. The summed E-state index contributed by atoms with van der Waals surface area (Å²) in [4.78, 5) is 2.00. The summed E-state index contributed by atoms with van der Waals surface area (Å²) < 4.78 is 0. The van der Waals surface area contributed by atoms with Gasteiger partial charge in [0, 0.05) is 13.1 Å². The van der Waals surface area contributed by atoms with Crippen molar-refractivity contribution in [3.05, 3.63) is 17.8 Å². The van der Waals surface area contributed by atoms with Crippen molar-refractivity contribution in [3.8, 4) is 0 Å². The molecule has 5 nitrogen and oxygen atoms in total. The van der Waals surface area contributed by atoms with Gasteiger partial charge < -0.3 is 15.1 Å². The number of hydrogen-bond acceptors (Lipinski definition) is 5. The quantitative estimate of drug-likeness (QED) is 0.710. The number of unbranched alkanes of at least 4 members (excludes halogenated alkanes) is 1. The van der Waals surface area contributed by atoms with Gasteiger partial charge in [-0.2, -0.15) is 5.10 Å². The fraction of sp³-hybridized carbons (Fsp3) is 0.636. The fourth-order valence-electron chi connectivity index (χ4n) is 1.42. The normalized spacial score (nSPS) is 10.4. The summed E-state index contributed by atoms with van der Waals surface area (Å²) in [5.41, 5.74) is 0.559. The molecule has 90 valence electrons. The number of aliphatic hydroxyl groups excluding tert-OH is 2. The molecular formula is C11H19N3O2. The first-order valence-electron chi connectivity index (χ1n) is 5.61. The summed E-state index contributed by atoms with van der Waals surface area (Å²) >= 11 is 0. The van der Waals surface area contributed by atoms with Gasteiger partial charge in [-0.1, -0.05) is 13.3 Å². The zero-order valence-corrected chi connectivity index (χ0v) is 9.63. The third-order valence-corrected chi connectivity index (χ3v) is 2.34. The molecule has 0 aliphatic rings. The molecule has 0 saturated carbocycles. The average Bonchev–Trinajstić information content (AvgIpc) is 2.35. The molecule has 0 unspecified atom stereocenters. The molecule has 16 heavy (non-hydrogen) atoms. The summed E-state index contributed by atoms with van der Waals surface area (Å²) in [5.74, 6) is 0.750. The Kier molecular flexibility index (Phi) is 5.74. The Morgan fingerprint density at radius 1 is 1.19 bits per heavy atom. The summed E-state index contributed by atoms with van der Waals surface area (Å²) in [5, 5.41) is 25.7. The van der Waals surface area contributed by atoms with Gasteiger partial charge >= 0.3 is 0 Å². The van der Waals surface area contributed by atoms with Gasteiger partial charge in [0.25, 0.3) is 0 Å². The maximum atomic E-state index is 8.97. The van der Waals surface area contributed by atoms with Crippen molar-refractivity contribution in [2.45, 2.75) is 26.4 Å². The molecule has 0 aromatic carbocycles. The van der Waals surface area contributed by atoms with Gasteiger partial charge in [0.05, 0.1) is 18.9 Å². The summed E-state index contributed by atoms with van der Waals surface area (Å²) in [6, 6.07) is 3.57. The number of rotatable bonds is 7. The second-order valence-corrected chi connectivity index (χ2v) is 3.61. The lowest BCUT2D eigenvalue weighted by atomic mass is 10.3. The first-order valence-corrected chi connectivity index (χ1v) is 5.61. The molecule has 1 aromatic heterocycles. The highest BCUT2D eigenvalue weighted by molar-refractivity contribution is 5.37. The standard InChI is InChI=1S/C11H19N3O2/c1-2-3-6-14(7-8-15)11-5-4-10(9-16)12-13-11/h4-5,15-16H,2-3,6-9H2,1H3. The lowest BCUT2D eigenvalue weighted by Gasteiger charge is -2.21. The molecule has 1 heterocycles. The Morgan fingerprint density at radius 3 is 2.50 bits per heavy atom. The second kappa shape index (κ2) is 7.14. The van der Waals surface area contributed by atoms with E-state index in [9.17, 15) is 0 Å². The molecule has 0 amide bonds. The summed E-state index contributed by atoms with van der Waals surface area (Å²) in [6.45, 7) is 3.56. The Labute approximate surface area is 95.7 Å². The molecule has 0 aliphatic carbocycles. The average molecular weight is 225 g/mol. The smallest absolute Gasteiger partial charge is 0.151 e. The first-order chi connectivity index (χ1) is 7.81. The SMILES string of the molecule is CCCCN(CCO)c1ccc(CO)nn1.